The van der Waals surface area contributed by atoms with Crippen molar-refractivity contribution in [1.29, 1.82) is 0 Å². The molecule has 0 heterocycles. The lowest BCUT2D eigenvalue weighted by molar-refractivity contribution is -0.145. The molecule has 0 saturated carbocycles. The van der Waals surface area contributed by atoms with Gasteiger partial charge in [-0.25, -0.2) is 8.42 Å². The lowest BCUT2D eigenvalue weighted by atomic mass is 10.00. The van der Waals surface area contributed by atoms with E-state index in [0.717, 1.165) is 13.1 Å². The van der Waals surface area contributed by atoms with Crippen LogP contribution in [0.5, 0.6) is 11.5 Å². The molecule has 0 aliphatic carbocycles. The van der Waals surface area contributed by atoms with Crippen molar-refractivity contribution < 1.29 is 27.4 Å². The zero-order valence-electron chi connectivity index (χ0n) is 20.5. The van der Waals surface area contributed by atoms with Crippen molar-refractivity contribution in [3.05, 3.63) is 54.1 Å². The number of nitrogens with one attached hydrogen (secondary N) is 1. The molecule has 2 aromatic carbocycles. The van der Waals surface area contributed by atoms with Gasteiger partial charge in [-0.15, -0.1) is 0 Å². The van der Waals surface area contributed by atoms with Gasteiger partial charge < -0.3 is 19.5 Å². The summed E-state index contributed by atoms with van der Waals surface area (Å²) in [6.07, 6.45) is -0.0212. The molecule has 0 aliphatic rings. The van der Waals surface area contributed by atoms with E-state index < -0.39 is 20.6 Å². The van der Waals surface area contributed by atoms with Crippen LogP contribution in [0.25, 0.3) is 0 Å². The third-order valence-electron chi connectivity index (χ3n) is 4.95. The summed E-state index contributed by atoms with van der Waals surface area (Å²) in [4.78, 5) is 12.8. The molecule has 33 heavy (non-hydrogen) atoms. The van der Waals surface area contributed by atoms with Gasteiger partial charge in [0, 0.05) is 6.42 Å². The van der Waals surface area contributed by atoms with Gasteiger partial charge in [-0.3, -0.25) is 4.79 Å². The molecular weight excluding hydrogens is 442 g/mol. The molecular formula is C25H37NO6S. The standard InChI is InChI=1S/C21H26O6S.C4H11N/c1-5-26-18-9-7-16(8-10-18)15-21(3,20(22)27-6-2)28(23,24)19-13-11-17(25-4)12-14-19;1-3-5-4-2/h7-14H,5-6,15H2,1-4H3;5H,3-4H2,1-2H3. The molecule has 0 radical (unpaired) electrons. The predicted octanol–water partition coefficient (Wildman–Crippen LogP) is 4.05. The van der Waals surface area contributed by atoms with E-state index in [9.17, 15) is 13.2 Å². The lowest BCUT2D eigenvalue weighted by Crippen LogP contribution is -2.46. The highest BCUT2D eigenvalue weighted by Gasteiger charge is 2.48. The molecule has 1 unspecified atom stereocenters. The summed E-state index contributed by atoms with van der Waals surface area (Å²) < 4.78 is 40.6. The molecule has 0 aromatic heterocycles. The van der Waals surface area contributed by atoms with Crippen molar-refractivity contribution >= 4 is 15.8 Å². The SMILES string of the molecule is CCNCC.CCOC(=O)C(C)(Cc1ccc(OCC)cc1)S(=O)(=O)c1ccc(OC)cc1. The van der Waals surface area contributed by atoms with Gasteiger partial charge in [-0.2, -0.15) is 0 Å². The van der Waals surface area contributed by atoms with E-state index in [-0.39, 0.29) is 17.9 Å². The van der Waals surface area contributed by atoms with Crippen molar-refractivity contribution in [2.75, 3.05) is 33.4 Å². The van der Waals surface area contributed by atoms with Crippen LogP contribution >= 0.6 is 0 Å². The number of esters is 1. The summed E-state index contributed by atoms with van der Waals surface area (Å²) in [6.45, 7) is 11.9. The van der Waals surface area contributed by atoms with E-state index >= 15 is 0 Å². The first kappa shape index (κ1) is 28.5. The van der Waals surface area contributed by atoms with Crippen molar-refractivity contribution in [2.24, 2.45) is 0 Å². The molecule has 2 rings (SSSR count). The summed E-state index contributed by atoms with van der Waals surface area (Å²) >= 11 is 0. The fraction of sp³-hybridized carbons (Fsp3) is 0.480. The summed E-state index contributed by atoms with van der Waals surface area (Å²) in [6, 6.07) is 13.0. The number of rotatable bonds is 11. The third-order valence-corrected chi connectivity index (χ3v) is 7.34. The fourth-order valence-electron chi connectivity index (χ4n) is 3.09. The van der Waals surface area contributed by atoms with Crippen molar-refractivity contribution in [3.63, 3.8) is 0 Å². The average molecular weight is 480 g/mol. The van der Waals surface area contributed by atoms with Crippen LogP contribution in [0.1, 0.15) is 40.2 Å². The Labute approximate surface area is 198 Å². The number of sulfone groups is 1. The first-order valence-corrected chi connectivity index (χ1v) is 12.7. The maximum absolute atomic E-state index is 13.4. The minimum absolute atomic E-state index is 0.0212. The van der Waals surface area contributed by atoms with Crippen LogP contribution in [-0.2, 0) is 25.8 Å². The third kappa shape index (κ3) is 7.75. The Kier molecular flexibility index (Phi) is 11.9. The van der Waals surface area contributed by atoms with Gasteiger partial charge in [0.15, 0.2) is 14.6 Å². The maximum Gasteiger partial charge on any atom is 0.327 e. The molecule has 0 fully saturated rings. The van der Waals surface area contributed by atoms with E-state index in [4.69, 9.17) is 14.2 Å². The first-order chi connectivity index (χ1) is 15.7. The number of hydrogen-bond donors (Lipinski definition) is 1. The largest absolute Gasteiger partial charge is 0.497 e. The van der Waals surface area contributed by atoms with Gasteiger partial charge >= 0.3 is 5.97 Å². The van der Waals surface area contributed by atoms with Gasteiger partial charge in [-0.1, -0.05) is 26.0 Å². The highest BCUT2D eigenvalue weighted by molar-refractivity contribution is 7.93. The summed E-state index contributed by atoms with van der Waals surface area (Å²) in [5.74, 6) is 0.435. The van der Waals surface area contributed by atoms with Gasteiger partial charge in [0.2, 0.25) is 0 Å². The fourth-order valence-corrected chi connectivity index (χ4v) is 4.73. The molecule has 0 bridgehead atoms. The highest BCUT2D eigenvalue weighted by atomic mass is 32.2. The Hall–Kier alpha value is -2.58. The Morgan fingerprint density at radius 1 is 0.879 bits per heavy atom. The number of ether oxygens (including phenoxy) is 3. The number of benzene rings is 2. The summed E-state index contributed by atoms with van der Waals surface area (Å²) in [5, 5.41) is 3.11. The highest BCUT2D eigenvalue weighted by Crippen LogP contribution is 2.32. The van der Waals surface area contributed by atoms with Crippen molar-refractivity contribution in [3.8, 4) is 11.5 Å². The van der Waals surface area contributed by atoms with Gasteiger partial charge in [0.1, 0.15) is 11.5 Å². The van der Waals surface area contributed by atoms with Gasteiger partial charge in [-0.05, 0) is 75.8 Å². The Balaban J connectivity index is 0.000000981. The molecule has 0 amide bonds. The van der Waals surface area contributed by atoms with Crippen LogP contribution in [0.2, 0.25) is 0 Å². The second kappa shape index (κ2) is 13.9. The number of carbonyl (C=O) groups is 1. The molecule has 184 valence electrons. The number of hydrogen-bond acceptors (Lipinski definition) is 7. The van der Waals surface area contributed by atoms with Crippen molar-refractivity contribution in [1.82, 2.24) is 5.32 Å². The topological polar surface area (TPSA) is 90.9 Å². The maximum atomic E-state index is 13.4. The molecule has 0 aliphatic heterocycles. The van der Waals surface area contributed by atoms with E-state index in [1.54, 1.807) is 43.3 Å². The van der Waals surface area contributed by atoms with E-state index in [0.29, 0.717) is 23.7 Å². The van der Waals surface area contributed by atoms with E-state index in [1.165, 1.54) is 26.2 Å². The second-order valence-electron chi connectivity index (χ2n) is 7.34. The smallest absolute Gasteiger partial charge is 0.327 e. The van der Waals surface area contributed by atoms with Crippen LogP contribution in [0.3, 0.4) is 0 Å². The quantitative estimate of drug-likeness (QED) is 0.486. The van der Waals surface area contributed by atoms with E-state index in [2.05, 4.69) is 19.2 Å². The first-order valence-electron chi connectivity index (χ1n) is 11.2. The molecule has 2 aromatic rings. The minimum atomic E-state index is -4.03. The Bertz CT molecular complexity index is 940. The molecule has 0 saturated heterocycles. The lowest BCUT2D eigenvalue weighted by Gasteiger charge is -2.27. The van der Waals surface area contributed by atoms with Crippen LogP contribution in [0.15, 0.2) is 53.4 Å². The van der Waals surface area contributed by atoms with E-state index in [1.807, 2.05) is 6.92 Å². The average Bonchev–Trinajstić information content (AvgIpc) is 2.81. The normalized spacial score (nSPS) is 12.7. The molecule has 7 nitrogen and oxygen atoms in total. The Morgan fingerprint density at radius 2 is 1.42 bits per heavy atom. The zero-order chi connectivity index (χ0) is 24.9. The second-order valence-corrected chi connectivity index (χ2v) is 9.72. The van der Waals surface area contributed by atoms with Crippen LogP contribution in [0, 0.1) is 0 Å². The molecule has 1 N–H and O–H groups in total. The van der Waals surface area contributed by atoms with Gasteiger partial charge in [0.05, 0.1) is 25.2 Å². The number of methoxy groups -OCH3 is 1. The minimum Gasteiger partial charge on any atom is -0.497 e. The van der Waals surface area contributed by atoms with Crippen LogP contribution in [-0.4, -0.2) is 52.5 Å². The predicted molar refractivity (Wildman–Crippen MR) is 131 cm³/mol. The number of carbonyl (C=O) groups excluding carboxylic acids is 1. The van der Waals surface area contributed by atoms with Crippen LogP contribution in [0.4, 0.5) is 0 Å². The van der Waals surface area contributed by atoms with Crippen molar-refractivity contribution in [2.45, 2.75) is 50.7 Å². The molecule has 0 spiro atoms. The zero-order valence-corrected chi connectivity index (χ0v) is 21.3. The molecule has 1 atom stereocenters. The Morgan fingerprint density at radius 3 is 1.85 bits per heavy atom. The van der Waals surface area contributed by atoms with Gasteiger partial charge in [0.25, 0.3) is 0 Å². The monoisotopic (exact) mass is 479 g/mol. The summed E-state index contributed by atoms with van der Waals surface area (Å²) in [5.41, 5.74) is 0.691. The van der Waals surface area contributed by atoms with Crippen LogP contribution < -0.4 is 14.8 Å². The summed E-state index contributed by atoms with van der Waals surface area (Å²) in [7, 11) is -2.53. The molecule has 8 heteroatoms.